The molecule has 0 radical (unpaired) electrons. The molecule has 0 aromatic heterocycles. The van der Waals surface area contributed by atoms with Crippen LogP contribution < -0.4 is 5.32 Å². The minimum atomic E-state index is -0.145. The number of benzene rings is 1. The third-order valence-corrected chi connectivity index (χ3v) is 3.53. The third kappa shape index (κ3) is 5.44. The lowest BCUT2D eigenvalue weighted by atomic mass is 10.2. The Balaban J connectivity index is 2.35. The van der Waals surface area contributed by atoms with Crippen molar-refractivity contribution in [1.29, 1.82) is 0 Å². The minimum absolute atomic E-state index is 0.0200. The molecule has 0 aliphatic rings. The highest BCUT2D eigenvalue weighted by Crippen LogP contribution is 2.19. The van der Waals surface area contributed by atoms with Gasteiger partial charge < -0.3 is 10.4 Å². The Morgan fingerprint density at radius 3 is 2.65 bits per heavy atom. The van der Waals surface area contributed by atoms with E-state index in [-0.39, 0.29) is 18.6 Å². The topological polar surface area (TPSA) is 49.3 Å². The first-order valence-corrected chi connectivity index (χ1v) is 6.80. The molecule has 94 valence electrons. The molecule has 0 aliphatic heterocycles. The van der Waals surface area contributed by atoms with Crippen molar-refractivity contribution < 1.29 is 9.90 Å². The fourth-order valence-corrected chi connectivity index (χ4v) is 2.06. The van der Waals surface area contributed by atoms with Crippen LogP contribution in [0.15, 0.2) is 29.2 Å². The van der Waals surface area contributed by atoms with Gasteiger partial charge in [0.05, 0.1) is 18.4 Å². The number of hydrogen-bond donors (Lipinski definition) is 2. The van der Waals surface area contributed by atoms with Crippen molar-refractivity contribution in [2.45, 2.75) is 24.3 Å². The van der Waals surface area contributed by atoms with Crippen LogP contribution in [0.1, 0.15) is 13.3 Å². The van der Waals surface area contributed by atoms with E-state index in [1.54, 1.807) is 12.1 Å². The second-order valence-electron chi connectivity index (χ2n) is 3.60. The summed E-state index contributed by atoms with van der Waals surface area (Å²) < 4.78 is 0. The van der Waals surface area contributed by atoms with Gasteiger partial charge in [0.25, 0.3) is 0 Å². The molecule has 0 spiro atoms. The maximum absolute atomic E-state index is 11.5. The number of amides is 1. The van der Waals surface area contributed by atoms with Crippen LogP contribution in [-0.2, 0) is 4.79 Å². The molecule has 1 atom stereocenters. The summed E-state index contributed by atoms with van der Waals surface area (Å²) in [6, 6.07) is 7.20. The van der Waals surface area contributed by atoms with Gasteiger partial charge in [0.1, 0.15) is 0 Å². The number of aliphatic hydroxyl groups excluding tert-OH is 1. The molecule has 1 rings (SSSR count). The highest BCUT2D eigenvalue weighted by atomic mass is 35.5. The van der Waals surface area contributed by atoms with Crippen molar-refractivity contribution in [3.63, 3.8) is 0 Å². The van der Waals surface area contributed by atoms with E-state index < -0.39 is 0 Å². The maximum Gasteiger partial charge on any atom is 0.230 e. The van der Waals surface area contributed by atoms with E-state index in [2.05, 4.69) is 5.32 Å². The predicted octanol–water partition coefficient (Wildman–Crippen LogP) is 2.32. The predicted molar refractivity (Wildman–Crippen MR) is 71.5 cm³/mol. The number of halogens is 1. The fraction of sp³-hybridized carbons (Fsp3) is 0.417. The van der Waals surface area contributed by atoms with Gasteiger partial charge in [-0.2, -0.15) is 0 Å². The molecular weight excluding hydrogens is 258 g/mol. The van der Waals surface area contributed by atoms with Gasteiger partial charge in [-0.25, -0.2) is 0 Å². The quantitative estimate of drug-likeness (QED) is 0.782. The van der Waals surface area contributed by atoms with Crippen molar-refractivity contribution in [3.8, 4) is 0 Å². The molecule has 17 heavy (non-hydrogen) atoms. The maximum atomic E-state index is 11.5. The van der Waals surface area contributed by atoms with E-state index in [0.717, 1.165) is 11.3 Å². The number of hydrogen-bond acceptors (Lipinski definition) is 3. The molecule has 1 aromatic rings. The van der Waals surface area contributed by atoms with Crippen molar-refractivity contribution in [3.05, 3.63) is 29.3 Å². The first-order valence-electron chi connectivity index (χ1n) is 5.44. The molecule has 0 bridgehead atoms. The molecule has 5 heteroatoms. The Bertz CT molecular complexity index is 352. The molecule has 2 N–H and O–H groups in total. The monoisotopic (exact) mass is 273 g/mol. The summed E-state index contributed by atoms with van der Waals surface area (Å²) in [6.45, 7) is 1.90. The first kappa shape index (κ1) is 14.4. The summed E-state index contributed by atoms with van der Waals surface area (Å²) in [7, 11) is 0. The Kier molecular flexibility index (Phi) is 6.40. The highest BCUT2D eigenvalue weighted by molar-refractivity contribution is 8.00. The molecule has 0 saturated carbocycles. The summed E-state index contributed by atoms with van der Waals surface area (Å²) >= 11 is 7.21. The number of thioether (sulfide) groups is 1. The smallest absolute Gasteiger partial charge is 0.230 e. The molecule has 1 aromatic carbocycles. The van der Waals surface area contributed by atoms with E-state index in [4.69, 9.17) is 16.7 Å². The molecule has 0 saturated heterocycles. The van der Waals surface area contributed by atoms with Crippen molar-refractivity contribution in [2.75, 3.05) is 12.4 Å². The molecular formula is C12H16ClNO2S. The van der Waals surface area contributed by atoms with E-state index in [0.29, 0.717) is 10.8 Å². The fourth-order valence-electron chi connectivity index (χ4n) is 1.23. The molecule has 0 unspecified atom stereocenters. The molecule has 0 fully saturated rings. The van der Waals surface area contributed by atoms with Gasteiger partial charge in [-0.1, -0.05) is 18.5 Å². The lowest BCUT2D eigenvalue weighted by molar-refractivity contribution is -0.119. The van der Waals surface area contributed by atoms with E-state index in [1.807, 2.05) is 19.1 Å². The van der Waals surface area contributed by atoms with Crippen LogP contribution in [0.25, 0.3) is 0 Å². The molecule has 3 nitrogen and oxygen atoms in total. The van der Waals surface area contributed by atoms with E-state index in [9.17, 15) is 4.79 Å². The normalized spacial score (nSPS) is 12.2. The Hall–Kier alpha value is -0.710. The van der Waals surface area contributed by atoms with Crippen molar-refractivity contribution in [1.82, 2.24) is 5.32 Å². The van der Waals surface area contributed by atoms with Crippen LogP contribution in [0.5, 0.6) is 0 Å². The lowest BCUT2D eigenvalue weighted by Gasteiger charge is -2.13. The van der Waals surface area contributed by atoms with Crippen LogP contribution in [0.2, 0.25) is 5.02 Å². The summed E-state index contributed by atoms with van der Waals surface area (Å²) in [5, 5.41) is 12.4. The highest BCUT2D eigenvalue weighted by Gasteiger charge is 2.09. The Morgan fingerprint density at radius 2 is 2.12 bits per heavy atom. The van der Waals surface area contributed by atoms with Gasteiger partial charge in [0.2, 0.25) is 5.91 Å². The van der Waals surface area contributed by atoms with Gasteiger partial charge in [-0.15, -0.1) is 11.8 Å². The second kappa shape index (κ2) is 7.58. The van der Waals surface area contributed by atoms with Gasteiger partial charge in [-0.05, 0) is 30.7 Å². The zero-order valence-electron chi connectivity index (χ0n) is 9.65. The van der Waals surface area contributed by atoms with Gasteiger partial charge in [-0.3, -0.25) is 4.79 Å². The van der Waals surface area contributed by atoms with Crippen LogP contribution in [0.3, 0.4) is 0 Å². The Morgan fingerprint density at radius 1 is 1.47 bits per heavy atom. The van der Waals surface area contributed by atoms with Gasteiger partial charge >= 0.3 is 0 Å². The van der Waals surface area contributed by atoms with Crippen LogP contribution in [0.4, 0.5) is 0 Å². The van der Waals surface area contributed by atoms with Crippen LogP contribution in [-0.4, -0.2) is 29.4 Å². The van der Waals surface area contributed by atoms with E-state index in [1.165, 1.54) is 11.8 Å². The minimum Gasteiger partial charge on any atom is -0.394 e. The summed E-state index contributed by atoms with van der Waals surface area (Å²) in [5.74, 6) is 0.281. The molecule has 0 heterocycles. The largest absolute Gasteiger partial charge is 0.394 e. The van der Waals surface area contributed by atoms with Crippen molar-refractivity contribution >= 4 is 29.3 Å². The van der Waals surface area contributed by atoms with Gasteiger partial charge in [0, 0.05) is 9.92 Å². The number of nitrogens with one attached hydrogen (secondary N) is 1. The zero-order chi connectivity index (χ0) is 12.7. The number of aliphatic hydroxyl groups is 1. The Labute approximate surface area is 111 Å². The summed E-state index contributed by atoms with van der Waals surface area (Å²) in [4.78, 5) is 12.5. The van der Waals surface area contributed by atoms with Crippen LogP contribution >= 0.6 is 23.4 Å². The van der Waals surface area contributed by atoms with E-state index >= 15 is 0 Å². The zero-order valence-corrected chi connectivity index (χ0v) is 11.2. The summed E-state index contributed by atoms with van der Waals surface area (Å²) in [5.41, 5.74) is 0. The SMILES string of the molecule is CC[C@@H](CO)NC(=O)CSc1ccc(Cl)cc1. The average Bonchev–Trinajstić information content (AvgIpc) is 2.35. The number of carbonyl (C=O) groups is 1. The average molecular weight is 274 g/mol. The standard InChI is InChI=1S/C12H16ClNO2S/c1-2-10(7-15)14-12(16)8-17-11-5-3-9(13)4-6-11/h3-6,10,15H,2,7-8H2,1H3,(H,14,16)/t10-/m0/s1. The van der Waals surface area contributed by atoms with Crippen molar-refractivity contribution in [2.24, 2.45) is 0 Å². The number of rotatable bonds is 6. The lowest BCUT2D eigenvalue weighted by Crippen LogP contribution is -2.37. The third-order valence-electron chi connectivity index (χ3n) is 2.26. The molecule has 0 aliphatic carbocycles. The molecule has 1 amide bonds. The van der Waals surface area contributed by atoms with Gasteiger partial charge in [0.15, 0.2) is 0 Å². The van der Waals surface area contributed by atoms with Crippen LogP contribution in [0, 0.1) is 0 Å². The second-order valence-corrected chi connectivity index (χ2v) is 5.08. The number of carbonyl (C=O) groups excluding carboxylic acids is 1. The summed E-state index contributed by atoms with van der Waals surface area (Å²) in [6.07, 6.45) is 0.730. The first-order chi connectivity index (χ1) is 8.15.